The predicted molar refractivity (Wildman–Crippen MR) is 83.8 cm³/mol. The smallest absolute Gasteiger partial charge is 0.343 e. The lowest BCUT2D eigenvalue weighted by atomic mass is 10.1. The Morgan fingerprint density at radius 1 is 0.913 bits per heavy atom. The molecular weight excluding hydrogens is 368 g/mol. The van der Waals surface area contributed by atoms with Gasteiger partial charge in [0.2, 0.25) is 0 Å². The Balaban J connectivity index is 2.16. The van der Waals surface area contributed by atoms with Crippen LogP contribution < -0.4 is 4.74 Å². The van der Waals surface area contributed by atoms with E-state index in [1.54, 1.807) is 0 Å². The van der Waals surface area contributed by atoms with Crippen molar-refractivity contribution in [3.05, 3.63) is 63.6 Å². The van der Waals surface area contributed by atoms with Crippen molar-refractivity contribution < 1.29 is 29.0 Å². The number of carboxylic acid groups (broad SMARTS) is 1. The summed E-state index contributed by atoms with van der Waals surface area (Å²) >= 11 is 3.15. The number of carbonyl (C=O) groups is 3. The molecule has 0 heterocycles. The van der Waals surface area contributed by atoms with Crippen molar-refractivity contribution in [2.24, 2.45) is 0 Å². The molecule has 2 rings (SSSR count). The van der Waals surface area contributed by atoms with Gasteiger partial charge in [-0.1, -0.05) is 0 Å². The number of carboxylic acids is 1. The number of hydrogen-bond acceptors (Lipinski definition) is 5. The van der Waals surface area contributed by atoms with Gasteiger partial charge in [-0.05, 0) is 58.4 Å². The fraction of sp³-hybridized carbons (Fsp3) is 0.0625. The molecule has 0 radical (unpaired) electrons. The summed E-state index contributed by atoms with van der Waals surface area (Å²) in [5.41, 5.74) is 0.627. The standard InChI is InChI=1S/C16H11BrO6/c1-22-15(20)9-2-4-10(5-3-9)16(21)23-13-7-6-11(14(18)19)8-12(13)17/h2-8H,1H3,(H,18,19). The molecule has 0 aliphatic carbocycles. The quantitative estimate of drug-likeness (QED) is 0.649. The zero-order valence-electron chi connectivity index (χ0n) is 11.9. The zero-order valence-corrected chi connectivity index (χ0v) is 13.5. The fourth-order valence-electron chi connectivity index (χ4n) is 1.74. The predicted octanol–water partition coefficient (Wildman–Crippen LogP) is 3.15. The second-order valence-corrected chi connectivity index (χ2v) is 5.26. The molecule has 0 fully saturated rings. The first-order valence-corrected chi connectivity index (χ1v) is 7.15. The molecule has 118 valence electrons. The first-order valence-electron chi connectivity index (χ1n) is 6.35. The van der Waals surface area contributed by atoms with Crippen molar-refractivity contribution in [2.75, 3.05) is 7.11 Å². The molecule has 1 N–H and O–H groups in total. The third-order valence-electron chi connectivity index (χ3n) is 2.92. The summed E-state index contributed by atoms with van der Waals surface area (Å²) < 4.78 is 10.1. The van der Waals surface area contributed by atoms with Crippen LogP contribution in [0.1, 0.15) is 31.1 Å². The highest BCUT2D eigenvalue weighted by atomic mass is 79.9. The van der Waals surface area contributed by atoms with Crippen LogP contribution in [0.15, 0.2) is 46.9 Å². The van der Waals surface area contributed by atoms with Crippen LogP contribution in [0.25, 0.3) is 0 Å². The number of methoxy groups -OCH3 is 1. The molecule has 0 saturated carbocycles. The normalized spacial score (nSPS) is 10.0. The summed E-state index contributed by atoms with van der Waals surface area (Å²) in [7, 11) is 1.27. The Bertz CT molecular complexity index is 767. The minimum absolute atomic E-state index is 0.0686. The van der Waals surface area contributed by atoms with Crippen LogP contribution in [0.3, 0.4) is 0 Å². The minimum Gasteiger partial charge on any atom is -0.478 e. The van der Waals surface area contributed by atoms with E-state index in [9.17, 15) is 14.4 Å². The van der Waals surface area contributed by atoms with E-state index < -0.39 is 17.9 Å². The molecule has 0 unspecified atom stereocenters. The molecule has 0 aliphatic rings. The van der Waals surface area contributed by atoms with Gasteiger partial charge in [0.25, 0.3) is 0 Å². The van der Waals surface area contributed by atoms with Crippen molar-refractivity contribution in [3.63, 3.8) is 0 Å². The van der Waals surface area contributed by atoms with Crippen molar-refractivity contribution in [1.29, 1.82) is 0 Å². The van der Waals surface area contributed by atoms with Crippen molar-refractivity contribution in [2.45, 2.75) is 0 Å². The Kier molecular flexibility index (Phi) is 5.13. The molecule has 0 bridgehead atoms. The molecule has 6 nitrogen and oxygen atoms in total. The average molecular weight is 379 g/mol. The molecule has 2 aromatic rings. The van der Waals surface area contributed by atoms with Gasteiger partial charge >= 0.3 is 17.9 Å². The molecule has 2 aromatic carbocycles. The highest BCUT2D eigenvalue weighted by molar-refractivity contribution is 9.10. The van der Waals surface area contributed by atoms with E-state index in [-0.39, 0.29) is 16.9 Å². The maximum absolute atomic E-state index is 12.1. The zero-order chi connectivity index (χ0) is 17.0. The summed E-state index contributed by atoms with van der Waals surface area (Å²) in [6.45, 7) is 0. The van der Waals surface area contributed by atoms with E-state index in [0.29, 0.717) is 10.0 Å². The lowest BCUT2D eigenvalue weighted by Crippen LogP contribution is -2.10. The molecule has 0 amide bonds. The number of benzene rings is 2. The van der Waals surface area contributed by atoms with Crippen molar-refractivity contribution in [1.82, 2.24) is 0 Å². The second kappa shape index (κ2) is 7.06. The molecule has 23 heavy (non-hydrogen) atoms. The van der Waals surface area contributed by atoms with Crippen LogP contribution in [0.4, 0.5) is 0 Å². The lowest BCUT2D eigenvalue weighted by Gasteiger charge is -2.07. The lowest BCUT2D eigenvalue weighted by molar-refractivity contribution is 0.0598. The average Bonchev–Trinajstić information content (AvgIpc) is 2.55. The third kappa shape index (κ3) is 3.95. The largest absolute Gasteiger partial charge is 0.478 e. The van der Waals surface area contributed by atoms with Gasteiger partial charge in [0.15, 0.2) is 0 Å². The van der Waals surface area contributed by atoms with E-state index >= 15 is 0 Å². The molecule has 7 heteroatoms. The van der Waals surface area contributed by atoms with Gasteiger partial charge in [-0.2, -0.15) is 0 Å². The van der Waals surface area contributed by atoms with Gasteiger partial charge in [-0.25, -0.2) is 14.4 Å². The number of esters is 2. The van der Waals surface area contributed by atoms with Gasteiger partial charge in [-0.3, -0.25) is 0 Å². The SMILES string of the molecule is COC(=O)c1ccc(C(=O)Oc2ccc(C(=O)O)cc2Br)cc1. The van der Waals surface area contributed by atoms with E-state index in [4.69, 9.17) is 9.84 Å². The van der Waals surface area contributed by atoms with Gasteiger partial charge in [-0.15, -0.1) is 0 Å². The Morgan fingerprint density at radius 2 is 1.43 bits per heavy atom. The molecule has 0 spiro atoms. The Labute approximate surface area is 139 Å². The summed E-state index contributed by atoms with van der Waals surface area (Å²) in [6, 6.07) is 9.83. The summed E-state index contributed by atoms with van der Waals surface area (Å²) in [6.07, 6.45) is 0. The van der Waals surface area contributed by atoms with Crippen LogP contribution >= 0.6 is 15.9 Å². The number of ether oxygens (including phenoxy) is 2. The molecule has 0 atom stereocenters. The van der Waals surface area contributed by atoms with Crippen molar-refractivity contribution >= 4 is 33.8 Å². The molecule has 0 saturated heterocycles. The van der Waals surface area contributed by atoms with E-state index in [1.807, 2.05) is 0 Å². The van der Waals surface area contributed by atoms with Gasteiger partial charge < -0.3 is 14.6 Å². The third-order valence-corrected chi connectivity index (χ3v) is 3.54. The van der Waals surface area contributed by atoms with Gasteiger partial charge in [0, 0.05) is 0 Å². The number of halogens is 1. The maximum atomic E-state index is 12.1. The first kappa shape index (κ1) is 16.7. The van der Waals surface area contributed by atoms with Gasteiger partial charge in [0.1, 0.15) is 5.75 Å². The Hall–Kier alpha value is -2.67. The van der Waals surface area contributed by atoms with E-state index in [0.717, 1.165) is 0 Å². The number of hydrogen-bond donors (Lipinski definition) is 1. The van der Waals surface area contributed by atoms with Crippen molar-refractivity contribution in [3.8, 4) is 5.75 Å². The van der Waals surface area contributed by atoms with E-state index in [1.165, 1.54) is 49.6 Å². The minimum atomic E-state index is -1.08. The topological polar surface area (TPSA) is 89.9 Å². The van der Waals surface area contributed by atoms with E-state index in [2.05, 4.69) is 20.7 Å². The highest BCUT2D eigenvalue weighted by Gasteiger charge is 2.14. The van der Waals surface area contributed by atoms with Gasteiger partial charge in [0.05, 0.1) is 28.3 Å². The summed E-state index contributed by atoms with van der Waals surface area (Å²) in [5.74, 6) is -2.03. The Morgan fingerprint density at radius 3 is 1.91 bits per heavy atom. The fourth-order valence-corrected chi connectivity index (χ4v) is 2.20. The van der Waals surface area contributed by atoms with Crippen LogP contribution in [0.2, 0.25) is 0 Å². The van der Waals surface area contributed by atoms with Crippen LogP contribution in [0, 0.1) is 0 Å². The number of rotatable bonds is 4. The summed E-state index contributed by atoms with van der Waals surface area (Å²) in [5, 5.41) is 8.88. The maximum Gasteiger partial charge on any atom is 0.343 e. The molecule has 0 aliphatic heterocycles. The first-order chi connectivity index (χ1) is 10.9. The van der Waals surface area contributed by atoms with Crippen LogP contribution in [-0.4, -0.2) is 30.1 Å². The second-order valence-electron chi connectivity index (χ2n) is 4.41. The molecular formula is C16H11BrO6. The highest BCUT2D eigenvalue weighted by Crippen LogP contribution is 2.27. The monoisotopic (exact) mass is 378 g/mol. The molecule has 0 aromatic heterocycles. The number of aromatic carboxylic acids is 1. The number of carbonyl (C=O) groups excluding carboxylic acids is 2. The van der Waals surface area contributed by atoms with Crippen LogP contribution in [-0.2, 0) is 4.74 Å². The summed E-state index contributed by atoms with van der Waals surface area (Å²) in [4.78, 5) is 34.2. The van der Waals surface area contributed by atoms with Crippen LogP contribution in [0.5, 0.6) is 5.75 Å².